The maximum Gasteiger partial charge on any atom is 0.405 e. The molecule has 0 radical (unpaired) electrons. The monoisotopic (exact) mass is 337 g/mol. The van der Waals surface area contributed by atoms with E-state index >= 15 is 0 Å². The number of aliphatic hydroxyl groups excluding tert-OH is 1. The second-order valence-corrected chi connectivity index (χ2v) is 5.98. The van der Waals surface area contributed by atoms with E-state index in [-0.39, 0.29) is 25.0 Å². The minimum Gasteiger partial charge on any atom is -0.465 e. The van der Waals surface area contributed by atoms with E-state index in [1.165, 1.54) is 0 Å². The first-order chi connectivity index (χ1) is 11.5. The third kappa shape index (κ3) is 4.94. The lowest BCUT2D eigenvalue weighted by Crippen LogP contribution is -2.45. The molecule has 2 unspecified atom stereocenters. The number of hydrogen-bond donors (Lipinski definition) is 3. The van der Waals surface area contributed by atoms with Crippen LogP contribution >= 0.6 is 0 Å². The Balaban J connectivity index is 2.14. The lowest BCUT2D eigenvalue weighted by atomic mass is 9.84. The Labute approximate surface area is 140 Å². The highest BCUT2D eigenvalue weighted by Crippen LogP contribution is 2.25. The lowest BCUT2D eigenvalue weighted by molar-refractivity contribution is -0.154. The molecular weight excluding hydrogens is 314 g/mol. The minimum absolute atomic E-state index is 0.0521. The molecule has 1 aliphatic rings. The van der Waals surface area contributed by atoms with Gasteiger partial charge in [0, 0.05) is 12.5 Å². The van der Waals surface area contributed by atoms with Crippen molar-refractivity contribution in [3.05, 3.63) is 35.9 Å². The molecule has 0 aliphatic carbocycles. The van der Waals surface area contributed by atoms with Gasteiger partial charge in [0.05, 0.1) is 13.2 Å². The third-order valence-electron chi connectivity index (χ3n) is 4.26. The Kier molecular flexibility index (Phi) is 6.57. The SMILES string of the molecule is C[C@@H]1OC(=O)[C@@H](NC(=O)O)COCC(Cc2ccccc2)C1CO. The van der Waals surface area contributed by atoms with E-state index in [2.05, 4.69) is 5.32 Å². The summed E-state index contributed by atoms with van der Waals surface area (Å²) in [5, 5.41) is 20.7. The molecule has 7 heteroatoms. The van der Waals surface area contributed by atoms with Crippen LogP contribution in [0.3, 0.4) is 0 Å². The summed E-state index contributed by atoms with van der Waals surface area (Å²) in [4.78, 5) is 22.9. The smallest absolute Gasteiger partial charge is 0.405 e. The van der Waals surface area contributed by atoms with Crippen molar-refractivity contribution in [2.75, 3.05) is 19.8 Å². The van der Waals surface area contributed by atoms with E-state index in [9.17, 15) is 14.7 Å². The van der Waals surface area contributed by atoms with Gasteiger partial charge in [-0.2, -0.15) is 0 Å². The van der Waals surface area contributed by atoms with Crippen molar-refractivity contribution in [1.82, 2.24) is 5.32 Å². The predicted octanol–water partition coefficient (Wildman–Crippen LogP) is 1.05. The topological polar surface area (TPSA) is 105 Å². The van der Waals surface area contributed by atoms with Crippen molar-refractivity contribution in [1.29, 1.82) is 0 Å². The van der Waals surface area contributed by atoms with Gasteiger partial charge in [0.25, 0.3) is 0 Å². The fourth-order valence-corrected chi connectivity index (χ4v) is 2.94. The number of nitrogens with one attached hydrogen (secondary N) is 1. The van der Waals surface area contributed by atoms with Gasteiger partial charge in [0.1, 0.15) is 6.10 Å². The average molecular weight is 337 g/mol. The summed E-state index contributed by atoms with van der Waals surface area (Å²) < 4.78 is 10.9. The Morgan fingerprint density at radius 3 is 2.62 bits per heavy atom. The number of ether oxygens (including phenoxy) is 2. The van der Waals surface area contributed by atoms with Crippen LogP contribution in [0.5, 0.6) is 0 Å². The van der Waals surface area contributed by atoms with Gasteiger partial charge >= 0.3 is 12.1 Å². The molecule has 0 bridgehead atoms. The second kappa shape index (κ2) is 8.65. The molecule has 7 nitrogen and oxygen atoms in total. The average Bonchev–Trinajstić information content (AvgIpc) is 2.58. The van der Waals surface area contributed by atoms with Crippen LogP contribution in [0.15, 0.2) is 30.3 Å². The molecule has 1 amide bonds. The van der Waals surface area contributed by atoms with Gasteiger partial charge in [-0.15, -0.1) is 0 Å². The molecule has 1 aromatic carbocycles. The number of esters is 1. The van der Waals surface area contributed by atoms with Gasteiger partial charge in [-0.05, 0) is 24.8 Å². The minimum atomic E-state index is -1.31. The highest BCUT2D eigenvalue weighted by Gasteiger charge is 2.34. The Hall–Kier alpha value is -2.12. The lowest BCUT2D eigenvalue weighted by Gasteiger charge is -2.29. The van der Waals surface area contributed by atoms with Crippen LogP contribution in [0.4, 0.5) is 4.79 Å². The standard InChI is InChI=1S/C17H23NO6/c1-11-14(8-19)13(7-12-5-3-2-4-6-12)9-23-10-15(16(20)24-11)18-17(21)22/h2-6,11,13-15,18-19H,7-10H2,1H3,(H,21,22)/t11-,13?,14?,15-/m0/s1. The number of rotatable bonds is 4. The van der Waals surface area contributed by atoms with Crippen molar-refractivity contribution in [3.8, 4) is 0 Å². The van der Waals surface area contributed by atoms with Gasteiger partial charge < -0.3 is 25.0 Å². The normalized spacial score (nSPS) is 28.2. The molecule has 3 N–H and O–H groups in total. The number of hydrogen-bond acceptors (Lipinski definition) is 5. The molecule has 0 spiro atoms. The van der Waals surface area contributed by atoms with E-state index in [1.54, 1.807) is 6.92 Å². The summed E-state index contributed by atoms with van der Waals surface area (Å²) >= 11 is 0. The van der Waals surface area contributed by atoms with Crippen molar-refractivity contribution < 1.29 is 29.3 Å². The third-order valence-corrected chi connectivity index (χ3v) is 4.26. The molecule has 1 saturated heterocycles. The van der Waals surface area contributed by atoms with Gasteiger partial charge in [0.15, 0.2) is 6.04 Å². The molecule has 0 saturated carbocycles. The second-order valence-electron chi connectivity index (χ2n) is 5.98. The van der Waals surface area contributed by atoms with Crippen LogP contribution in [0.25, 0.3) is 0 Å². The highest BCUT2D eigenvalue weighted by molar-refractivity contribution is 5.81. The maximum absolute atomic E-state index is 12.1. The van der Waals surface area contributed by atoms with Gasteiger partial charge in [-0.1, -0.05) is 30.3 Å². The van der Waals surface area contributed by atoms with Crippen molar-refractivity contribution in [2.24, 2.45) is 11.8 Å². The Bertz CT molecular complexity index is 549. The summed E-state index contributed by atoms with van der Waals surface area (Å²) in [5.41, 5.74) is 1.10. The van der Waals surface area contributed by atoms with Crippen molar-refractivity contribution in [2.45, 2.75) is 25.5 Å². The summed E-state index contributed by atoms with van der Waals surface area (Å²) in [7, 11) is 0. The summed E-state index contributed by atoms with van der Waals surface area (Å²) in [5.74, 6) is -1.04. The summed E-state index contributed by atoms with van der Waals surface area (Å²) in [6.45, 7) is 1.77. The van der Waals surface area contributed by atoms with Crippen LogP contribution in [0.2, 0.25) is 0 Å². The van der Waals surface area contributed by atoms with Crippen LogP contribution in [0, 0.1) is 11.8 Å². The summed E-state index contributed by atoms with van der Waals surface area (Å²) in [6, 6.07) is 8.73. The molecule has 4 atom stereocenters. The fourth-order valence-electron chi connectivity index (χ4n) is 2.94. The van der Waals surface area contributed by atoms with Gasteiger partial charge in [-0.3, -0.25) is 0 Å². The Morgan fingerprint density at radius 1 is 1.29 bits per heavy atom. The first-order valence-electron chi connectivity index (χ1n) is 7.93. The quantitative estimate of drug-likeness (QED) is 0.709. The fraction of sp³-hybridized carbons (Fsp3) is 0.529. The van der Waals surface area contributed by atoms with E-state index in [0.717, 1.165) is 5.56 Å². The van der Waals surface area contributed by atoms with Crippen LogP contribution in [-0.2, 0) is 20.7 Å². The number of aliphatic hydroxyl groups is 1. The van der Waals surface area contributed by atoms with E-state index in [1.807, 2.05) is 30.3 Å². The number of benzene rings is 1. The molecule has 132 valence electrons. The van der Waals surface area contributed by atoms with E-state index < -0.39 is 24.2 Å². The van der Waals surface area contributed by atoms with Crippen molar-refractivity contribution in [3.63, 3.8) is 0 Å². The molecule has 1 aliphatic heterocycles. The zero-order chi connectivity index (χ0) is 17.5. The Morgan fingerprint density at radius 2 is 2.00 bits per heavy atom. The van der Waals surface area contributed by atoms with E-state index in [4.69, 9.17) is 14.6 Å². The van der Waals surface area contributed by atoms with Crippen LogP contribution in [-0.4, -0.2) is 54.2 Å². The molecule has 1 fully saturated rings. The van der Waals surface area contributed by atoms with E-state index in [0.29, 0.717) is 13.0 Å². The first kappa shape index (κ1) is 18.2. The molecule has 1 heterocycles. The molecular formula is C17H23NO6. The molecule has 0 aromatic heterocycles. The maximum atomic E-state index is 12.1. The predicted molar refractivity (Wildman–Crippen MR) is 85.5 cm³/mol. The van der Waals surface area contributed by atoms with Crippen LogP contribution in [0.1, 0.15) is 12.5 Å². The van der Waals surface area contributed by atoms with Gasteiger partial charge in [-0.25, -0.2) is 9.59 Å². The zero-order valence-electron chi connectivity index (χ0n) is 13.6. The first-order valence-corrected chi connectivity index (χ1v) is 7.93. The zero-order valence-corrected chi connectivity index (χ0v) is 13.6. The number of cyclic esters (lactones) is 1. The molecule has 24 heavy (non-hydrogen) atoms. The molecule has 2 rings (SSSR count). The number of carboxylic acid groups (broad SMARTS) is 1. The largest absolute Gasteiger partial charge is 0.465 e. The number of carbonyl (C=O) groups is 2. The molecule has 1 aromatic rings. The van der Waals surface area contributed by atoms with Gasteiger partial charge in [0.2, 0.25) is 0 Å². The number of carbonyl (C=O) groups excluding carboxylic acids is 1. The van der Waals surface area contributed by atoms with Crippen LogP contribution < -0.4 is 5.32 Å². The summed E-state index contributed by atoms with van der Waals surface area (Å²) in [6.07, 6.45) is -1.19. The van der Waals surface area contributed by atoms with Crippen molar-refractivity contribution >= 4 is 12.1 Å². The number of amides is 1. The highest BCUT2D eigenvalue weighted by atomic mass is 16.6.